The smallest absolute Gasteiger partial charge is 0.268 e. The van der Waals surface area contributed by atoms with Crippen molar-refractivity contribution in [2.24, 2.45) is 5.73 Å². The van der Waals surface area contributed by atoms with Crippen molar-refractivity contribution in [2.75, 3.05) is 24.7 Å². The molecule has 0 radical (unpaired) electrons. The summed E-state index contributed by atoms with van der Waals surface area (Å²) in [5, 5.41) is 3.32. The van der Waals surface area contributed by atoms with Gasteiger partial charge in [0.25, 0.3) is 5.91 Å². The highest BCUT2D eigenvalue weighted by molar-refractivity contribution is 7.47. The number of anilines is 1. The standard InChI is InChI=1S/C12H21N4O3P/c1-3-18-20(19-4-2)8-9-5-6-16-7-10(11(13)17)15-12(16)14-9/h7,9H,3-6,8H2,1-2H3,(H2,13,17)(H,14,15). The third-order valence-corrected chi connectivity index (χ3v) is 4.83. The van der Waals surface area contributed by atoms with Gasteiger partial charge in [-0.3, -0.25) is 4.79 Å². The van der Waals surface area contributed by atoms with Crippen molar-refractivity contribution in [2.45, 2.75) is 32.9 Å². The Morgan fingerprint density at radius 1 is 1.55 bits per heavy atom. The number of nitrogens with one attached hydrogen (secondary N) is 1. The fraction of sp³-hybridized carbons (Fsp3) is 0.667. The van der Waals surface area contributed by atoms with E-state index in [4.69, 9.17) is 14.8 Å². The minimum absolute atomic E-state index is 0.245. The Morgan fingerprint density at radius 3 is 2.85 bits per heavy atom. The second-order valence-electron chi connectivity index (χ2n) is 4.49. The molecule has 1 aromatic rings. The highest BCUT2D eigenvalue weighted by atomic mass is 31.2. The van der Waals surface area contributed by atoms with Crippen molar-refractivity contribution in [3.63, 3.8) is 0 Å². The fourth-order valence-electron chi connectivity index (χ4n) is 2.12. The predicted octanol–water partition coefficient (Wildman–Crippen LogP) is 1.55. The Bertz CT molecular complexity index is 460. The maximum Gasteiger partial charge on any atom is 0.268 e. The molecule has 8 heteroatoms. The Balaban J connectivity index is 1.97. The molecule has 1 unspecified atom stereocenters. The zero-order chi connectivity index (χ0) is 14.5. The van der Waals surface area contributed by atoms with E-state index >= 15 is 0 Å². The zero-order valence-corrected chi connectivity index (χ0v) is 12.7. The Hall–Kier alpha value is -1.17. The van der Waals surface area contributed by atoms with Crippen LogP contribution in [0.15, 0.2) is 6.20 Å². The van der Waals surface area contributed by atoms with Gasteiger partial charge in [0.05, 0.1) is 13.2 Å². The van der Waals surface area contributed by atoms with Crippen molar-refractivity contribution in [3.8, 4) is 0 Å². The van der Waals surface area contributed by atoms with Gasteiger partial charge in [0.15, 0.2) is 8.38 Å². The van der Waals surface area contributed by atoms with E-state index < -0.39 is 14.3 Å². The van der Waals surface area contributed by atoms with Crippen LogP contribution in [0.4, 0.5) is 5.95 Å². The average Bonchev–Trinajstić information content (AvgIpc) is 2.82. The number of carbonyl (C=O) groups excluding carboxylic acids is 1. The fourth-order valence-corrected chi connectivity index (χ4v) is 3.61. The van der Waals surface area contributed by atoms with E-state index in [-0.39, 0.29) is 6.04 Å². The first-order valence-corrected chi connectivity index (χ1v) is 8.17. The van der Waals surface area contributed by atoms with Crippen molar-refractivity contribution in [1.82, 2.24) is 9.55 Å². The van der Waals surface area contributed by atoms with Gasteiger partial charge in [-0.1, -0.05) is 0 Å². The first-order valence-electron chi connectivity index (χ1n) is 6.80. The molecule has 20 heavy (non-hydrogen) atoms. The minimum atomic E-state index is -0.870. The number of carbonyl (C=O) groups is 1. The molecule has 1 aliphatic heterocycles. The molecule has 7 nitrogen and oxygen atoms in total. The molecule has 0 spiro atoms. The number of rotatable bonds is 7. The quantitative estimate of drug-likeness (QED) is 0.745. The molecular formula is C12H21N4O3P. The van der Waals surface area contributed by atoms with Gasteiger partial charge in [0.1, 0.15) is 5.69 Å². The van der Waals surface area contributed by atoms with Crippen LogP contribution < -0.4 is 11.1 Å². The van der Waals surface area contributed by atoms with Crippen LogP contribution in [0.25, 0.3) is 0 Å². The molecule has 0 aliphatic carbocycles. The molecule has 3 N–H and O–H groups in total. The molecule has 0 bridgehead atoms. The number of imidazole rings is 1. The number of fused-ring (bicyclic) bond motifs is 1. The number of aromatic nitrogens is 2. The van der Waals surface area contributed by atoms with Crippen LogP contribution in [0, 0.1) is 0 Å². The van der Waals surface area contributed by atoms with Gasteiger partial charge in [-0.2, -0.15) is 0 Å². The summed E-state index contributed by atoms with van der Waals surface area (Å²) < 4.78 is 13.2. The maximum absolute atomic E-state index is 11.1. The average molecular weight is 300 g/mol. The summed E-state index contributed by atoms with van der Waals surface area (Å²) in [6, 6.07) is 0.245. The predicted molar refractivity (Wildman–Crippen MR) is 77.8 cm³/mol. The summed E-state index contributed by atoms with van der Waals surface area (Å²) >= 11 is 0. The topological polar surface area (TPSA) is 91.4 Å². The van der Waals surface area contributed by atoms with Crippen molar-refractivity contribution in [1.29, 1.82) is 0 Å². The van der Waals surface area contributed by atoms with E-state index in [0.717, 1.165) is 19.1 Å². The number of hydrogen-bond donors (Lipinski definition) is 2. The normalized spacial score (nSPS) is 17.9. The molecule has 2 rings (SSSR count). The van der Waals surface area contributed by atoms with Crippen LogP contribution >= 0.6 is 8.38 Å². The van der Waals surface area contributed by atoms with Crippen LogP contribution in [0.3, 0.4) is 0 Å². The van der Waals surface area contributed by atoms with Gasteiger partial charge in [-0.05, 0) is 20.3 Å². The first kappa shape index (κ1) is 15.2. The highest BCUT2D eigenvalue weighted by Gasteiger charge is 2.24. The van der Waals surface area contributed by atoms with E-state index in [9.17, 15) is 4.79 Å². The number of amides is 1. The highest BCUT2D eigenvalue weighted by Crippen LogP contribution is 2.40. The second kappa shape index (κ2) is 7.02. The second-order valence-corrected chi connectivity index (χ2v) is 6.04. The number of aryl methyl sites for hydroxylation is 1. The number of hydrogen-bond acceptors (Lipinski definition) is 5. The molecule has 0 saturated carbocycles. The molecule has 1 aromatic heterocycles. The molecule has 112 valence electrons. The van der Waals surface area contributed by atoms with Crippen molar-refractivity contribution in [3.05, 3.63) is 11.9 Å². The van der Waals surface area contributed by atoms with Gasteiger partial charge in [-0.25, -0.2) is 4.98 Å². The number of nitrogens with zero attached hydrogens (tertiary/aromatic N) is 2. The van der Waals surface area contributed by atoms with Gasteiger partial charge in [0.2, 0.25) is 5.95 Å². The largest absolute Gasteiger partial charge is 0.364 e. The monoisotopic (exact) mass is 300 g/mol. The van der Waals surface area contributed by atoms with E-state index in [1.807, 2.05) is 18.4 Å². The molecule has 0 fully saturated rings. The lowest BCUT2D eigenvalue weighted by molar-refractivity contribution is 0.0996. The molecule has 1 atom stereocenters. The van der Waals surface area contributed by atoms with Gasteiger partial charge >= 0.3 is 0 Å². The Morgan fingerprint density at radius 2 is 2.25 bits per heavy atom. The summed E-state index contributed by atoms with van der Waals surface area (Å²) in [6.45, 7) is 6.05. The molecule has 2 heterocycles. The van der Waals surface area contributed by atoms with Crippen LogP contribution in [0.2, 0.25) is 0 Å². The number of primary amides is 1. The molecule has 1 amide bonds. The van der Waals surface area contributed by atoms with E-state index in [1.54, 1.807) is 6.20 Å². The summed E-state index contributed by atoms with van der Waals surface area (Å²) in [7, 11) is -0.870. The van der Waals surface area contributed by atoms with Crippen molar-refractivity contribution < 1.29 is 13.8 Å². The third-order valence-electron chi connectivity index (χ3n) is 3.00. The SMILES string of the molecule is CCOP(CC1CCn2cc(C(N)=O)nc2N1)OCC. The summed E-state index contributed by atoms with van der Waals surface area (Å²) in [5.74, 6) is 0.189. The summed E-state index contributed by atoms with van der Waals surface area (Å²) in [5.41, 5.74) is 5.54. The van der Waals surface area contributed by atoms with Gasteiger partial charge in [-0.15, -0.1) is 0 Å². The Labute approximate surface area is 119 Å². The third kappa shape index (κ3) is 3.69. The molecule has 0 aromatic carbocycles. The van der Waals surface area contributed by atoms with E-state index in [0.29, 0.717) is 24.9 Å². The van der Waals surface area contributed by atoms with Gasteiger partial charge in [0, 0.05) is 24.9 Å². The first-order chi connectivity index (χ1) is 9.63. The zero-order valence-electron chi connectivity index (χ0n) is 11.8. The molecular weight excluding hydrogens is 279 g/mol. The lowest BCUT2D eigenvalue weighted by Crippen LogP contribution is -2.31. The minimum Gasteiger partial charge on any atom is -0.364 e. The summed E-state index contributed by atoms with van der Waals surface area (Å²) in [6.07, 6.45) is 3.45. The molecule has 0 saturated heterocycles. The number of nitrogens with two attached hydrogens (primary N) is 1. The lowest BCUT2D eigenvalue weighted by Gasteiger charge is -2.27. The van der Waals surface area contributed by atoms with Crippen molar-refractivity contribution >= 4 is 20.2 Å². The van der Waals surface area contributed by atoms with Crippen LogP contribution in [0.1, 0.15) is 30.8 Å². The Kier molecular flexibility index (Phi) is 5.34. The maximum atomic E-state index is 11.1. The lowest BCUT2D eigenvalue weighted by atomic mass is 10.2. The molecule has 1 aliphatic rings. The van der Waals surface area contributed by atoms with E-state index in [2.05, 4.69) is 10.3 Å². The van der Waals surface area contributed by atoms with Gasteiger partial charge < -0.3 is 24.7 Å². The summed E-state index contributed by atoms with van der Waals surface area (Å²) in [4.78, 5) is 15.3. The van der Waals surface area contributed by atoms with E-state index in [1.165, 1.54) is 0 Å². The van der Waals surface area contributed by atoms with Crippen LogP contribution in [0.5, 0.6) is 0 Å². The van der Waals surface area contributed by atoms with Crippen LogP contribution in [-0.2, 0) is 15.6 Å². The van der Waals surface area contributed by atoms with Crippen LogP contribution in [-0.4, -0.2) is 40.9 Å².